The number of para-hydroxylation sites is 1. The van der Waals surface area contributed by atoms with Crippen LogP contribution in [0.15, 0.2) is 84.1 Å². The molecule has 0 aromatic heterocycles. The van der Waals surface area contributed by atoms with Gasteiger partial charge in [0.1, 0.15) is 0 Å². The van der Waals surface area contributed by atoms with Gasteiger partial charge in [0, 0.05) is 17.8 Å². The van der Waals surface area contributed by atoms with Gasteiger partial charge in [-0.05, 0) is 36.4 Å². The van der Waals surface area contributed by atoms with Crippen LogP contribution in [0.25, 0.3) is 0 Å². The molecule has 0 amide bonds. The van der Waals surface area contributed by atoms with Crippen LogP contribution in [0.2, 0.25) is 6.55 Å². The highest BCUT2D eigenvalue weighted by molar-refractivity contribution is 6.76. The Morgan fingerprint density at radius 2 is 1.52 bits per heavy atom. The van der Waals surface area contributed by atoms with Gasteiger partial charge in [-0.2, -0.15) is 0 Å². The lowest BCUT2D eigenvalue weighted by molar-refractivity contribution is 1.12. The highest BCUT2D eigenvalue weighted by atomic mass is 28.3. The lowest BCUT2D eigenvalue weighted by atomic mass is 10.2. The smallest absolute Gasteiger partial charge is 0.174 e. The van der Waals surface area contributed by atoms with E-state index in [4.69, 9.17) is 0 Å². The molecular formula is C19H21NSi. The van der Waals surface area contributed by atoms with Crippen molar-refractivity contribution in [2.75, 3.05) is 4.57 Å². The highest BCUT2D eigenvalue weighted by Gasteiger charge is 2.23. The molecule has 1 nitrogen and oxygen atoms in total. The molecule has 2 heteroatoms. The molecule has 0 heterocycles. The average molecular weight is 291 g/mol. The van der Waals surface area contributed by atoms with E-state index in [9.17, 15) is 0 Å². The fourth-order valence-electron chi connectivity index (χ4n) is 2.98. The number of rotatable bonds is 4. The van der Waals surface area contributed by atoms with Crippen molar-refractivity contribution in [3.05, 3.63) is 84.1 Å². The number of hydrogen-bond donors (Lipinski definition) is 0. The summed E-state index contributed by atoms with van der Waals surface area (Å²) in [7, 11) is -1.26. The van der Waals surface area contributed by atoms with Crippen LogP contribution < -0.4 is 9.75 Å². The SMILES string of the molecule is CC1=C(N(c2ccccc2)[SiH](C)c2ccccc2)CC=C1. The van der Waals surface area contributed by atoms with E-state index < -0.39 is 8.96 Å². The monoisotopic (exact) mass is 291 g/mol. The van der Waals surface area contributed by atoms with Gasteiger partial charge in [0.05, 0.1) is 0 Å². The minimum absolute atomic E-state index is 1.05. The molecule has 0 fully saturated rings. The van der Waals surface area contributed by atoms with Crippen LogP contribution in [0.1, 0.15) is 13.3 Å². The molecule has 2 aromatic rings. The molecule has 2 aromatic carbocycles. The number of benzene rings is 2. The van der Waals surface area contributed by atoms with Crippen molar-refractivity contribution in [3.63, 3.8) is 0 Å². The normalized spacial score (nSPS) is 15.3. The maximum absolute atomic E-state index is 2.60. The third-order valence-electron chi connectivity index (χ3n) is 4.13. The van der Waals surface area contributed by atoms with E-state index in [0.717, 1.165) is 6.42 Å². The third kappa shape index (κ3) is 2.86. The first-order valence-corrected chi connectivity index (χ1v) is 9.78. The van der Waals surface area contributed by atoms with Crippen molar-refractivity contribution >= 4 is 19.8 Å². The van der Waals surface area contributed by atoms with Crippen molar-refractivity contribution in [3.8, 4) is 0 Å². The van der Waals surface area contributed by atoms with Crippen LogP contribution in [-0.4, -0.2) is 8.96 Å². The Morgan fingerprint density at radius 3 is 2.10 bits per heavy atom. The molecule has 0 aliphatic heterocycles. The first-order valence-electron chi connectivity index (χ1n) is 7.53. The molecule has 0 spiro atoms. The molecule has 1 atom stereocenters. The van der Waals surface area contributed by atoms with E-state index in [2.05, 4.69) is 90.9 Å². The Balaban J connectivity index is 2.03. The summed E-state index contributed by atoms with van der Waals surface area (Å²) in [6.07, 6.45) is 5.56. The zero-order valence-electron chi connectivity index (χ0n) is 12.7. The van der Waals surface area contributed by atoms with Gasteiger partial charge in [-0.15, -0.1) is 0 Å². The zero-order valence-corrected chi connectivity index (χ0v) is 13.8. The molecule has 0 radical (unpaired) electrons. The Kier molecular flexibility index (Phi) is 4.07. The van der Waals surface area contributed by atoms with E-state index in [-0.39, 0.29) is 0 Å². The molecule has 0 N–H and O–H groups in total. The van der Waals surface area contributed by atoms with Gasteiger partial charge in [0.2, 0.25) is 0 Å². The fourth-order valence-corrected chi connectivity index (χ4v) is 5.45. The van der Waals surface area contributed by atoms with E-state index in [0.29, 0.717) is 0 Å². The third-order valence-corrected chi connectivity index (χ3v) is 6.86. The molecule has 21 heavy (non-hydrogen) atoms. The Morgan fingerprint density at radius 1 is 0.905 bits per heavy atom. The fraction of sp³-hybridized carbons (Fsp3) is 0.158. The van der Waals surface area contributed by atoms with Gasteiger partial charge in [-0.1, -0.05) is 60.7 Å². The number of anilines is 1. The molecule has 0 bridgehead atoms. The summed E-state index contributed by atoms with van der Waals surface area (Å²) >= 11 is 0. The summed E-state index contributed by atoms with van der Waals surface area (Å²) < 4.78 is 2.60. The van der Waals surface area contributed by atoms with Crippen LogP contribution in [0.3, 0.4) is 0 Å². The summed E-state index contributed by atoms with van der Waals surface area (Å²) in [5.74, 6) is 0. The van der Waals surface area contributed by atoms with E-state index in [1.165, 1.54) is 22.1 Å². The van der Waals surface area contributed by atoms with Gasteiger partial charge in [0.15, 0.2) is 8.96 Å². The topological polar surface area (TPSA) is 3.24 Å². The number of hydrogen-bond acceptors (Lipinski definition) is 1. The van der Waals surface area contributed by atoms with Crippen LogP contribution in [0.5, 0.6) is 0 Å². The molecular weight excluding hydrogens is 270 g/mol. The van der Waals surface area contributed by atoms with Gasteiger partial charge < -0.3 is 4.57 Å². The minimum Gasteiger partial charge on any atom is -0.370 e. The van der Waals surface area contributed by atoms with Crippen molar-refractivity contribution in [1.82, 2.24) is 0 Å². The van der Waals surface area contributed by atoms with E-state index >= 15 is 0 Å². The summed E-state index contributed by atoms with van der Waals surface area (Å²) in [5, 5.41) is 1.48. The second-order valence-electron chi connectivity index (χ2n) is 5.53. The lowest BCUT2D eigenvalue weighted by Crippen LogP contribution is -2.45. The Labute approximate surface area is 128 Å². The standard InChI is InChI=1S/C19H21NSi/c1-16-10-9-15-19(16)20(17-11-5-3-6-12-17)21(2)18-13-7-4-8-14-18/h3-14,21H,15H2,1-2H3. The van der Waals surface area contributed by atoms with E-state index in [1.807, 2.05) is 0 Å². The maximum Gasteiger partial charge on any atom is 0.174 e. The van der Waals surface area contributed by atoms with Gasteiger partial charge >= 0.3 is 0 Å². The Hall–Kier alpha value is -2.06. The van der Waals surface area contributed by atoms with Crippen molar-refractivity contribution in [1.29, 1.82) is 0 Å². The molecule has 106 valence electrons. The van der Waals surface area contributed by atoms with Crippen molar-refractivity contribution < 1.29 is 0 Å². The molecule has 3 rings (SSSR count). The molecule has 1 aliphatic rings. The first kappa shape index (κ1) is 13.9. The molecule has 0 saturated heterocycles. The quantitative estimate of drug-likeness (QED) is 0.770. The number of nitrogens with zero attached hydrogens (tertiary/aromatic N) is 1. The van der Waals surface area contributed by atoms with Crippen molar-refractivity contribution in [2.45, 2.75) is 19.9 Å². The molecule has 1 unspecified atom stereocenters. The number of allylic oxidation sites excluding steroid dienone is 3. The molecule has 1 aliphatic carbocycles. The summed E-state index contributed by atoms with van der Waals surface area (Å²) in [4.78, 5) is 0. The van der Waals surface area contributed by atoms with Gasteiger partial charge in [0.25, 0.3) is 0 Å². The summed E-state index contributed by atoms with van der Waals surface area (Å²) in [5.41, 5.74) is 4.18. The van der Waals surface area contributed by atoms with Crippen LogP contribution >= 0.6 is 0 Å². The lowest BCUT2D eigenvalue weighted by Gasteiger charge is -2.33. The molecule has 0 saturated carbocycles. The van der Waals surface area contributed by atoms with Crippen molar-refractivity contribution in [2.24, 2.45) is 0 Å². The second-order valence-corrected chi connectivity index (χ2v) is 8.06. The van der Waals surface area contributed by atoms with Gasteiger partial charge in [-0.3, -0.25) is 0 Å². The average Bonchev–Trinajstić information content (AvgIpc) is 2.95. The summed E-state index contributed by atoms with van der Waals surface area (Å²) in [6.45, 7) is 4.64. The van der Waals surface area contributed by atoms with Gasteiger partial charge in [-0.25, -0.2) is 0 Å². The Bertz CT molecular complexity index is 658. The summed E-state index contributed by atoms with van der Waals surface area (Å²) in [6, 6.07) is 21.7. The second kappa shape index (κ2) is 6.14. The largest absolute Gasteiger partial charge is 0.370 e. The highest BCUT2D eigenvalue weighted by Crippen LogP contribution is 2.28. The predicted molar refractivity (Wildman–Crippen MR) is 94.5 cm³/mol. The zero-order chi connectivity index (χ0) is 14.7. The predicted octanol–water partition coefficient (Wildman–Crippen LogP) is 3.99. The van der Waals surface area contributed by atoms with Crippen LogP contribution in [-0.2, 0) is 0 Å². The van der Waals surface area contributed by atoms with Crippen LogP contribution in [0.4, 0.5) is 5.69 Å². The maximum atomic E-state index is 2.60. The van der Waals surface area contributed by atoms with Crippen LogP contribution in [0, 0.1) is 0 Å². The minimum atomic E-state index is -1.26. The first-order chi connectivity index (χ1) is 10.3. The van der Waals surface area contributed by atoms with E-state index in [1.54, 1.807) is 0 Å².